The van der Waals surface area contributed by atoms with E-state index in [9.17, 15) is 9.59 Å². The molecule has 1 heterocycles. The van der Waals surface area contributed by atoms with Crippen LogP contribution in [0.1, 0.15) is 34.5 Å². The van der Waals surface area contributed by atoms with Crippen LogP contribution in [0.2, 0.25) is 5.02 Å². The lowest BCUT2D eigenvalue weighted by Crippen LogP contribution is -2.29. The average Bonchev–Trinajstić information content (AvgIpc) is 3.00. The minimum Gasteiger partial charge on any atom is -0.496 e. The Kier molecular flexibility index (Phi) is 6.37. The monoisotopic (exact) mass is 437 g/mol. The number of nitrogens with zero attached hydrogens (tertiary/aromatic N) is 1. The van der Waals surface area contributed by atoms with Gasteiger partial charge in [0.25, 0.3) is 11.5 Å². The molecule has 2 N–H and O–H groups in total. The molecule has 0 aliphatic heterocycles. The number of rotatable bonds is 5. The molecule has 3 aromatic rings. The highest BCUT2D eigenvalue weighted by Crippen LogP contribution is 2.25. The van der Waals surface area contributed by atoms with Gasteiger partial charge < -0.3 is 15.0 Å². The molecule has 2 aromatic carbocycles. The number of methoxy groups -OCH3 is 1. The van der Waals surface area contributed by atoms with Gasteiger partial charge in [-0.15, -0.1) is 0 Å². The summed E-state index contributed by atoms with van der Waals surface area (Å²) in [6.45, 7) is 0.520. The molecule has 7 heteroatoms. The van der Waals surface area contributed by atoms with Crippen LogP contribution in [0.25, 0.3) is 11.4 Å². The molecule has 0 spiro atoms. The lowest BCUT2D eigenvalue weighted by Gasteiger charge is -2.15. The van der Waals surface area contributed by atoms with E-state index in [-0.39, 0.29) is 17.4 Å². The van der Waals surface area contributed by atoms with E-state index in [1.165, 1.54) is 7.11 Å². The molecule has 0 radical (unpaired) electrons. The molecule has 0 saturated carbocycles. The average molecular weight is 438 g/mol. The Labute approximate surface area is 185 Å². The number of aryl methyl sites for hydroxylation is 1. The van der Waals surface area contributed by atoms with Gasteiger partial charge in [0.05, 0.1) is 18.4 Å². The highest BCUT2D eigenvalue weighted by atomic mass is 35.5. The highest BCUT2D eigenvalue weighted by molar-refractivity contribution is 6.31. The molecular weight excluding hydrogens is 414 g/mol. The maximum Gasteiger partial charge on any atom is 0.255 e. The smallest absolute Gasteiger partial charge is 0.255 e. The maximum absolute atomic E-state index is 12.7. The van der Waals surface area contributed by atoms with Crippen molar-refractivity contribution in [1.82, 2.24) is 15.3 Å². The van der Waals surface area contributed by atoms with E-state index in [0.717, 1.165) is 29.7 Å². The van der Waals surface area contributed by atoms with Crippen LogP contribution >= 0.6 is 11.6 Å². The van der Waals surface area contributed by atoms with Gasteiger partial charge in [-0.05, 0) is 49.8 Å². The zero-order valence-corrected chi connectivity index (χ0v) is 18.0. The summed E-state index contributed by atoms with van der Waals surface area (Å²) in [5, 5.41) is 3.47. The Morgan fingerprint density at radius 3 is 2.74 bits per heavy atom. The number of nitrogens with one attached hydrogen (secondary N) is 2. The van der Waals surface area contributed by atoms with E-state index < -0.39 is 0 Å². The van der Waals surface area contributed by atoms with Crippen molar-refractivity contribution in [2.45, 2.75) is 25.7 Å². The molecular formula is C24H24ClN3O3. The molecule has 1 aliphatic rings. The first-order valence-electron chi connectivity index (χ1n) is 10.3. The molecule has 1 aromatic heterocycles. The second-order valence-electron chi connectivity index (χ2n) is 7.70. The van der Waals surface area contributed by atoms with Crippen LogP contribution in [0, 0.1) is 5.92 Å². The summed E-state index contributed by atoms with van der Waals surface area (Å²) in [5.41, 5.74) is 2.85. The Balaban J connectivity index is 1.44. The largest absolute Gasteiger partial charge is 0.496 e. The van der Waals surface area contributed by atoms with Crippen LogP contribution < -0.4 is 15.6 Å². The normalized spacial score (nSPS) is 15.6. The van der Waals surface area contributed by atoms with E-state index in [4.69, 9.17) is 21.3 Å². The number of carbonyl (C=O) groups is 1. The molecule has 1 atom stereocenters. The van der Waals surface area contributed by atoms with Crippen molar-refractivity contribution in [2.24, 2.45) is 5.92 Å². The van der Waals surface area contributed by atoms with Crippen molar-refractivity contribution in [2.75, 3.05) is 13.7 Å². The van der Waals surface area contributed by atoms with Crippen LogP contribution in [-0.4, -0.2) is 29.5 Å². The first-order chi connectivity index (χ1) is 15.0. The first kappa shape index (κ1) is 21.1. The van der Waals surface area contributed by atoms with E-state index >= 15 is 0 Å². The fourth-order valence-corrected chi connectivity index (χ4v) is 4.14. The molecule has 0 bridgehead atoms. The van der Waals surface area contributed by atoms with Crippen molar-refractivity contribution < 1.29 is 9.53 Å². The van der Waals surface area contributed by atoms with Crippen molar-refractivity contribution in [3.63, 3.8) is 0 Å². The number of carbonyl (C=O) groups excluding carboxylic acids is 1. The van der Waals surface area contributed by atoms with Gasteiger partial charge in [-0.3, -0.25) is 9.59 Å². The summed E-state index contributed by atoms with van der Waals surface area (Å²) < 4.78 is 5.27. The first-order valence-corrected chi connectivity index (χ1v) is 10.7. The second kappa shape index (κ2) is 9.35. The summed E-state index contributed by atoms with van der Waals surface area (Å²) >= 11 is 6.04. The number of ether oxygens (including phenoxy) is 1. The third-order valence-electron chi connectivity index (χ3n) is 5.70. The predicted octanol–water partition coefficient (Wildman–Crippen LogP) is 4.02. The number of halogens is 1. The number of hydrogen-bond donors (Lipinski definition) is 2. The van der Waals surface area contributed by atoms with Crippen molar-refractivity contribution in [3.8, 4) is 17.1 Å². The van der Waals surface area contributed by atoms with Gasteiger partial charge >= 0.3 is 0 Å². The predicted molar refractivity (Wildman–Crippen MR) is 121 cm³/mol. The fraction of sp³-hybridized carbons (Fsp3) is 0.292. The van der Waals surface area contributed by atoms with Crippen LogP contribution in [0.15, 0.2) is 53.3 Å². The lowest BCUT2D eigenvalue weighted by atomic mass is 9.99. The summed E-state index contributed by atoms with van der Waals surface area (Å²) in [4.78, 5) is 33.0. The molecule has 6 nitrogen and oxygen atoms in total. The van der Waals surface area contributed by atoms with Crippen LogP contribution in [-0.2, 0) is 12.8 Å². The summed E-state index contributed by atoms with van der Waals surface area (Å²) in [6, 6.07) is 14.6. The van der Waals surface area contributed by atoms with E-state index in [1.54, 1.807) is 18.2 Å². The van der Waals surface area contributed by atoms with Crippen molar-refractivity contribution in [3.05, 3.63) is 80.7 Å². The van der Waals surface area contributed by atoms with E-state index in [2.05, 4.69) is 10.3 Å². The molecule has 1 aliphatic carbocycles. The van der Waals surface area contributed by atoms with Crippen LogP contribution in [0.4, 0.5) is 0 Å². The molecule has 0 fully saturated rings. The van der Waals surface area contributed by atoms with Gasteiger partial charge in [0, 0.05) is 22.7 Å². The highest BCUT2D eigenvalue weighted by Gasteiger charge is 2.22. The molecule has 1 unspecified atom stereocenters. The molecule has 1 amide bonds. The molecule has 4 rings (SSSR count). The van der Waals surface area contributed by atoms with E-state index in [1.807, 2.05) is 30.3 Å². The van der Waals surface area contributed by atoms with Crippen LogP contribution in [0.5, 0.6) is 5.75 Å². The summed E-state index contributed by atoms with van der Waals surface area (Å²) in [7, 11) is 1.52. The number of aromatic amines is 1. The maximum atomic E-state index is 12.7. The number of H-pyrrole nitrogens is 1. The number of aromatic nitrogens is 2. The van der Waals surface area contributed by atoms with Gasteiger partial charge in [-0.2, -0.15) is 0 Å². The number of hydrogen-bond acceptors (Lipinski definition) is 4. The minimum absolute atomic E-state index is 0.0720. The van der Waals surface area contributed by atoms with Crippen molar-refractivity contribution >= 4 is 17.5 Å². The fourth-order valence-electron chi connectivity index (χ4n) is 3.97. The topological polar surface area (TPSA) is 84.1 Å². The van der Waals surface area contributed by atoms with Gasteiger partial charge in [-0.1, -0.05) is 41.9 Å². The van der Waals surface area contributed by atoms with Crippen molar-refractivity contribution in [1.29, 1.82) is 0 Å². The van der Waals surface area contributed by atoms with Crippen LogP contribution in [0.3, 0.4) is 0 Å². The van der Waals surface area contributed by atoms with Gasteiger partial charge in [0.2, 0.25) is 0 Å². The third kappa shape index (κ3) is 4.80. The lowest BCUT2D eigenvalue weighted by molar-refractivity contribution is 0.0943. The standard InChI is InChI=1S/C24H24ClN3O3/c1-31-21-12-9-17(25)13-19(21)23(29)26-14-15-7-10-18-20(11-8-15)27-22(28-24(18)30)16-5-3-2-4-6-16/h2-6,9,12-13,15H,7-8,10-11,14H2,1H3,(H,26,29)(H,27,28,30). The SMILES string of the molecule is COc1ccc(Cl)cc1C(=O)NCC1CCc2nc(-c3ccccc3)[nH]c(=O)c2CC1. The minimum atomic E-state index is -0.219. The Bertz CT molecular complexity index is 1140. The molecule has 160 valence electrons. The van der Waals surface area contributed by atoms with Gasteiger partial charge in [-0.25, -0.2) is 4.98 Å². The summed E-state index contributed by atoms with van der Waals surface area (Å²) in [5.74, 6) is 1.12. The zero-order chi connectivity index (χ0) is 21.8. The number of benzene rings is 2. The third-order valence-corrected chi connectivity index (χ3v) is 5.93. The van der Waals surface area contributed by atoms with Gasteiger partial charge in [0.1, 0.15) is 11.6 Å². The molecule has 0 saturated heterocycles. The van der Waals surface area contributed by atoms with E-state index in [0.29, 0.717) is 41.5 Å². The summed E-state index contributed by atoms with van der Waals surface area (Å²) in [6.07, 6.45) is 3.02. The Morgan fingerprint density at radius 1 is 1.19 bits per heavy atom. The number of fused-ring (bicyclic) bond motifs is 1. The zero-order valence-electron chi connectivity index (χ0n) is 17.3. The second-order valence-corrected chi connectivity index (χ2v) is 8.14. The van der Waals surface area contributed by atoms with Gasteiger partial charge in [0.15, 0.2) is 0 Å². The number of amides is 1. The quantitative estimate of drug-likeness (QED) is 0.590. The Hall–Kier alpha value is -3.12. The Morgan fingerprint density at radius 2 is 1.97 bits per heavy atom. The molecule has 31 heavy (non-hydrogen) atoms.